The van der Waals surface area contributed by atoms with E-state index in [-0.39, 0.29) is 15.8 Å². The van der Waals surface area contributed by atoms with Crippen molar-refractivity contribution in [1.82, 2.24) is 0 Å². The molecule has 2 aromatic rings. The molecule has 2 rings (SSSR count). The van der Waals surface area contributed by atoms with Crippen LogP contribution in [0, 0.1) is 19.1 Å². The van der Waals surface area contributed by atoms with Gasteiger partial charge in [-0.3, -0.25) is 0 Å². The summed E-state index contributed by atoms with van der Waals surface area (Å²) in [6.45, 7) is 3.74. The predicted molar refractivity (Wildman–Crippen MR) is 77.2 cm³/mol. The Morgan fingerprint density at radius 2 is 1.90 bits per heavy atom. The summed E-state index contributed by atoms with van der Waals surface area (Å²) in [4.78, 5) is 0. The van der Waals surface area contributed by atoms with Gasteiger partial charge in [-0.15, -0.1) is 0 Å². The van der Waals surface area contributed by atoms with E-state index in [0.29, 0.717) is 10.3 Å². The summed E-state index contributed by atoms with van der Waals surface area (Å²) in [5.74, 6) is -0.204. The number of benzene rings is 1. The van der Waals surface area contributed by atoms with Gasteiger partial charge in [-0.2, -0.15) is 4.73 Å². The summed E-state index contributed by atoms with van der Waals surface area (Å²) in [6.07, 6.45) is 1.04. The third-order valence-electron chi connectivity index (χ3n) is 3.01. The van der Waals surface area contributed by atoms with E-state index in [1.807, 2.05) is 32.0 Å². The van der Waals surface area contributed by atoms with E-state index in [1.165, 1.54) is 12.1 Å². The van der Waals surface area contributed by atoms with E-state index in [1.54, 1.807) is 0 Å². The van der Waals surface area contributed by atoms with E-state index in [0.717, 1.165) is 17.3 Å². The molecule has 6 heteroatoms. The molecular weight excluding hydrogens is 298 g/mol. The summed E-state index contributed by atoms with van der Waals surface area (Å²) in [5.41, 5.74) is 2.55. The van der Waals surface area contributed by atoms with Gasteiger partial charge in [0.15, 0.2) is 6.20 Å². The maximum atomic E-state index is 12.3. The molecule has 1 heterocycles. The number of aryl methyl sites for hydroxylation is 2. The molecule has 4 nitrogen and oxygen atoms in total. The molecule has 0 saturated carbocycles. The molecule has 1 aromatic heterocycles. The molecule has 1 aromatic carbocycles. The first-order valence-corrected chi connectivity index (χ1v) is 8.00. The molecule has 0 radical (unpaired) electrons. The maximum Gasteiger partial charge on any atom is 0.309 e. The molecule has 0 N–H and O–H groups in total. The molecule has 20 heavy (non-hydrogen) atoms. The SMILES string of the molecule is Cc1ccc(C)c(CS(=O)(=O)c2ccc(Cl)c[n+]2[O-])c1. The van der Waals surface area contributed by atoms with Crippen molar-refractivity contribution >= 4 is 21.4 Å². The van der Waals surface area contributed by atoms with E-state index in [4.69, 9.17) is 11.6 Å². The topological polar surface area (TPSA) is 61.1 Å². The molecule has 0 spiro atoms. The summed E-state index contributed by atoms with van der Waals surface area (Å²) in [6, 6.07) is 8.23. The first kappa shape index (κ1) is 14.8. The van der Waals surface area contributed by atoms with Crippen LogP contribution in [0.5, 0.6) is 0 Å². The van der Waals surface area contributed by atoms with Crippen LogP contribution in [0.4, 0.5) is 0 Å². The molecule has 106 valence electrons. The zero-order valence-electron chi connectivity index (χ0n) is 11.1. The van der Waals surface area contributed by atoms with Gasteiger partial charge in [0.1, 0.15) is 5.02 Å². The van der Waals surface area contributed by atoms with Gasteiger partial charge >= 0.3 is 5.03 Å². The van der Waals surface area contributed by atoms with Crippen molar-refractivity contribution in [3.8, 4) is 0 Å². The third kappa shape index (κ3) is 3.11. The Hall–Kier alpha value is -1.59. The molecule has 0 fully saturated rings. The van der Waals surface area contributed by atoms with Crippen molar-refractivity contribution in [2.45, 2.75) is 24.6 Å². The smallest absolute Gasteiger partial charge is 0.309 e. The zero-order valence-corrected chi connectivity index (χ0v) is 12.7. The van der Waals surface area contributed by atoms with Gasteiger partial charge in [-0.25, -0.2) is 8.42 Å². The maximum absolute atomic E-state index is 12.3. The zero-order chi connectivity index (χ0) is 14.9. The Labute approximate surface area is 123 Å². The summed E-state index contributed by atoms with van der Waals surface area (Å²) < 4.78 is 25.0. The number of pyridine rings is 1. The van der Waals surface area contributed by atoms with Gasteiger partial charge in [0.05, 0.1) is 5.75 Å². The Morgan fingerprint density at radius 1 is 1.20 bits per heavy atom. The Balaban J connectivity index is 2.43. The second-order valence-corrected chi connectivity index (χ2v) is 7.07. The van der Waals surface area contributed by atoms with Gasteiger partial charge in [-0.05, 0) is 31.0 Å². The fraction of sp³-hybridized carbons (Fsp3) is 0.214. The highest BCUT2D eigenvalue weighted by molar-refractivity contribution is 7.90. The molecular formula is C14H14ClNO3S. The number of nitrogens with zero attached hydrogens (tertiary/aromatic N) is 1. The van der Waals surface area contributed by atoms with Gasteiger partial charge in [0, 0.05) is 6.07 Å². The summed E-state index contributed by atoms with van der Waals surface area (Å²) in [5, 5.41) is 11.6. The normalized spacial score (nSPS) is 11.6. The summed E-state index contributed by atoms with van der Waals surface area (Å²) >= 11 is 5.66. The lowest BCUT2D eigenvalue weighted by atomic mass is 10.1. The minimum absolute atomic E-state index is 0.200. The van der Waals surface area contributed by atoms with Gasteiger partial charge < -0.3 is 5.21 Å². The van der Waals surface area contributed by atoms with Crippen molar-refractivity contribution in [3.05, 3.63) is 63.4 Å². The van der Waals surface area contributed by atoms with Crippen molar-refractivity contribution in [3.63, 3.8) is 0 Å². The van der Waals surface area contributed by atoms with Crippen molar-refractivity contribution in [2.24, 2.45) is 0 Å². The average Bonchev–Trinajstić information content (AvgIpc) is 2.33. The fourth-order valence-corrected chi connectivity index (χ4v) is 3.54. The first-order chi connectivity index (χ1) is 9.29. The van der Waals surface area contributed by atoms with Crippen LogP contribution >= 0.6 is 11.6 Å². The molecule has 0 unspecified atom stereocenters. The summed E-state index contributed by atoms with van der Waals surface area (Å²) in [7, 11) is -3.71. The molecule has 0 saturated heterocycles. The first-order valence-electron chi connectivity index (χ1n) is 5.97. The Morgan fingerprint density at radius 3 is 2.55 bits per heavy atom. The largest absolute Gasteiger partial charge is 0.618 e. The van der Waals surface area contributed by atoms with Crippen molar-refractivity contribution in [2.75, 3.05) is 0 Å². The number of aromatic nitrogens is 1. The van der Waals surface area contributed by atoms with E-state index >= 15 is 0 Å². The second-order valence-electron chi connectivity index (χ2n) is 4.70. The number of halogens is 1. The number of hydrogen-bond donors (Lipinski definition) is 0. The van der Waals surface area contributed by atoms with Crippen LogP contribution in [0.25, 0.3) is 0 Å². The lowest BCUT2D eigenvalue weighted by molar-refractivity contribution is -0.646. The highest BCUT2D eigenvalue weighted by atomic mass is 35.5. The highest BCUT2D eigenvalue weighted by Crippen LogP contribution is 2.18. The van der Waals surface area contributed by atoms with Gasteiger partial charge in [0.25, 0.3) is 0 Å². The number of sulfone groups is 1. The average molecular weight is 312 g/mol. The molecule has 0 aliphatic carbocycles. The molecule has 0 amide bonds. The monoisotopic (exact) mass is 311 g/mol. The number of hydrogen-bond acceptors (Lipinski definition) is 3. The minimum atomic E-state index is -3.71. The lowest BCUT2D eigenvalue weighted by Gasteiger charge is -2.09. The van der Waals surface area contributed by atoms with Crippen LogP contribution in [0.3, 0.4) is 0 Å². The minimum Gasteiger partial charge on any atom is -0.618 e. The second kappa shape index (κ2) is 5.42. The van der Waals surface area contributed by atoms with Gasteiger partial charge in [0.2, 0.25) is 9.84 Å². The van der Waals surface area contributed by atoms with Crippen LogP contribution < -0.4 is 4.73 Å². The van der Waals surface area contributed by atoms with Gasteiger partial charge in [-0.1, -0.05) is 35.4 Å². The quantitative estimate of drug-likeness (QED) is 0.646. The Kier molecular flexibility index (Phi) is 4.01. The predicted octanol–water partition coefficient (Wildman–Crippen LogP) is 2.56. The highest BCUT2D eigenvalue weighted by Gasteiger charge is 2.25. The van der Waals surface area contributed by atoms with Crippen LogP contribution in [0.15, 0.2) is 41.6 Å². The van der Waals surface area contributed by atoms with Crippen molar-refractivity contribution in [1.29, 1.82) is 0 Å². The molecule has 0 atom stereocenters. The van der Waals surface area contributed by atoms with E-state index in [2.05, 4.69) is 0 Å². The van der Waals surface area contributed by atoms with E-state index < -0.39 is 9.84 Å². The molecule has 0 bridgehead atoms. The molecule has 0 aliphatic heterocycles. The van der Waals surface area contributed by atoms with Crippen LogP contribution in [0.1, 0.15) is 16.7 Å². The standard InChI is InChI=1S/C14H14ClNO3S/c1-10-3-4-11(2)12(7-10)9-20(18,19)14-6-5-13(15)8-16(14)17/h3-8H,9H2,1-2H3. The Bertz CT molecular complexity index is 757. The van der Waals surface area contributed by atoms with E-state index in [9.17, 15) is 13.6 Å². The third-order valence-corrected chi connectivity index (χ3v) is 4.88. The fourth-order valence-electron chi connectivity index (χ4n) is 1.92. The van der Waals surface area contributed by atoms with Crippen LogP contribution in [0.2, 0.25) is 5.02 Å². The lowest BCUT2D eigenvalue weighted by Crippen LogP contribution is -2.34. The van der Waals surface area contributed by atoms with Crippen LogP contribution in [-0.2, 0) is 15.6 Å². The van der Waals surface area contributed by atoms with Crippen molar-refractivity contribution < 1.29 is 13.1 Å². The van der Waals surface area contributed by atoms with Crippen LogP contribution in [-0.4, -0.2) is 8.42 Å². The molecule has 0 aliphatic rings. The number of rotatable bonds is 3.